The predicted molar refractivity (Wildman–Crippen MR) is 116 cm³/mol. The molecule has 0 bridgehead atoms. The van der Waals surface area contributed by atoms with Crippen LogP contribution >= 0.6 is 0 Å². The van der Waals surface area contributed by atoms with Crippen molar-refractivity contribution in [2.75, 3.05) is 0 Å². The highest BCUT2D eigenvalue weighted by Crippen LogP contribution is 2.46. The molecule has 4 nitrogen and oxygen atoms in total. The van der Waals surface area contributed by atoms with Gasteiger partial charge < -0.3 is 10.1 Å². The zero-order valence-corrected chi connectivity index (χ0v) is 18.0. The highest BCUT2D eigenvalue weighted by molar-refractivity contribution is 6.04. The average molecular weight is 419 g/mol. The van der Waals surface area contributed by atoms with Gasteiger partial charge >= 0.3 is 5.97 Å². The van der Waals surface area contributed by atoms with Crippen molar-refractivity contribution in [1.82, 2.24) is 5.32 Å². The molecule has 160 valence electrons. The first-order valence-electron chi connectivity index (χ1n) is 10.5. The monoisotopic (exact) mass is 419 g/mol. The molecule has 0 saturated heterocycles. The number of dihydropyridines is 1. The van der Waals surface area contributed by atoms with E-state index in [1.165, 1.54) is 12.1 Å². The van der Waals surface area contributed by atoms with Crippen LogP contribution in [0, 0.1) is 11.2 Å². The summed E-state index contributed by atoms with van der Waals surface area (Å²) in [5, 5.41) is 3.29. The number of hydrogen-bond donors (Lipinski definition) is 1. The van der Waals surface area contributed by atoms with Crippen molar-refractivity contribution in [3.8, 4) is 0 Å². The molecule has 2 aromatic carbocycles. The minimum Gasteiger partial charge on any atom is -0.457 e. The van der Waals surface area contributed by atoms with Gasteiger partial charge in [0.15, 0.2) is 5.78 Å². The summed E-state index contributed by atoms with van der Waals surface area (Å²) in [5.41, 5.74) is 3.62. The summed E-state index contributed by atoms with van der Waals surface area (Å²) in [6, 6.07) is 15.5. The Kier molecular flexibility index (Phi) is 5.52. The first-order valence-corrected chi connectivity index (χ1v) is 10.5. The van der Waals surface area contributed by atoms with E-state index in [2.05, 4.69) is 19.2 Å². The molecule has 4 rings (SSSR count). The summed E-state index contributed by atoms with van der Waals surface area (Å²) in [6.45, 7) is 6.03. The Morgan fingerprint density at radius 2 is 1.87 bits per heavy atom. The third-order valence-electron chi connectivity index (χ3n) is 5.85. The van der Waals surface area contributed by atoms with Crippen LogP contribution in [0.4, 0.5) is 4.39 Å². The standard InChI is InChI=1S/C26H26FNO3/c1-16-22(25(30)31-15-17-8-5-4-6-9-17)23(18-10-7-11-19(27)12-18)24-20(28-16)13-26(2,3)14-21(24)29/h4-12,23,28H,13-15H2,1-3H3/t23-/m0/s1. The lowest BCUT2D eigenvalue weighted by Crippen LogP contribution is -2.38. The van der Waals surface area contributed by atoms with Gasteiger partial charge in [-0.05, 0) is 42.0 Å². The number of ketones is 1. The smallest absolute Gasteiger partial charge is 0.337 e. The van der Waals surface area contributed by atoms with Crippen molar-refractivity contribution < 1.29 is 18.7 Å². The van der Waals surface area contributed by atoms with E-state index in [9.17, 15) is 14.0 Å². The zero-order valence-electron chi connectivity index (χ0n) is 18.0. The van der Waals surface area contributed by atoms with Crippen LogP contribution in [0.3, 0.4) is 0 Å². The van der Waals surface area contributed by atoms with Crippen LogP contribution in [-0.2, 0) is 20.9 Å². The topological polar surface area (TPSA) is 55.4 Å². The number of allylic oxidation sites excluding steroid dienone is 3. The zero-order chi connectivity index (χ0) is 22.2. The lowest BCUT2D eigenvalue weighted by molar-refractivity contribution is -0.140. The molecule has 5 heteroatoms. The van der Waals surface area contributed by atoms with Crippen LogP contribution in [0.15, 0.2) is 77.1 Å². The van der Waals surface area contributed by atoms with Crippen LogP contribution in [0.25, 0.3) is 0 Å². The van der Waals surface area contributed by atoms with Crippen molar-refractivity contribution in [2.24, 2.45) is 5.41 Å². The molecule has 0 unspecified atom stereocenters. The third-order valence-corrected chi connectivity index (χ3v) is 5.85. The largest absolute Gasteiger partial charge is 0.457 e. The fourth-order valence-electron chi connectivity index (χ4n) is 4.53. The van der Waals surface area contributed by atoms with E-state index in [0.717, 1.165) is 11.3 Å². The Hall–Kier alpha value is -3.21. The van der Waals surface area contributed by atoms with Gasteiger partial charge in [0, 0.05) is 29.3 Å². The van der Waals surface area contributed by atoms with E-state index >= 15 is 0 Å². The second-order valence-electron chi connectivity index (χ2n) is 9.05. The van der Waals surface area contributed by atoms with Gasteiger partial charge in [0.25, 0.3) is 0 Å². The number of hydrogen-bond acceptors (Lipinski definition) is 4. The minimum absolute atomic E-state index is 0.0196. The van der Waals surface area contributed by atoms with Crippen molar-refractivity contribution in [1.29, 1.82) is 0 Å². The normalized spacial score (nSPS) is 20.3. The number of rotatable bonds is 4. The maximum atomic E-state index is 14.1. The van der Waals surface area contributed by atoms with E-state index in [0.29, 0.717) is 35.2 Å². The van der Waals surface area contributed by atoms with Gasteiger partial charge in [-0.3, -0.25) is 4.79 Å². The molecule has 1 aliphatic heterocycles. The Morgan fingerprint density at radius 3 is 2.58 bits per heavy atom. The van der Waals surface area contributed by atoms with Gasteiger partial charge in [0.05, 0.1) is 5.57 Å². The summed E-state index contributed by atoms with van der Waals surface area (Å²) in [7, 11) is 0. The van der Waals surface area contributed by atoms with Gasteiger partial charge in [0.2, 0.25) is 0 Å². The van der Waals surface area contributed by atoms with Gasteiger partial charge in [-0.1, -0.05) is 56.3 Å². The maximum Gasteiger partial charge on any atom is 0.337 e. The minimum atomic E-state index is -0.654. The number of benzene rings is 2. The van der Waals surface area contributed by atoms with E-state index in [1.807, 2.05) is 30.3 Å². The van der Waals surface area contributed by atoms with Crippen molar-refractivity contribution in [2.45, 2.75) is 46.1 Å². The third kappa shape index (κ3) is 4.31. The number of halogens is 1. The van der Waals surface area contributed by atoms with Crippen molar-refractivity contribution in [3.63, 3.8) is 0 Å². The maximum absolute atomic E-state index is 14.1. The van der Waals surface area contributed by atoms with Gasteiger partial charge in [-0.15, -0.1) is 0 Å². The first-order chi connectivity index (χ1) is 14.7. The Labute approximate surface area is 181 Å². The second kappa shape index (κ2) is 8.14. The Morgan fingerprint density at radius 1 is 1.13 bits per heavy atom. The van der Waals surface area contributed by atoms with Crippen LogP contribution in [0.1, 0.15) is 50.7 Å². The molecule has 0 saturated carbocycles. The molecule has 0 radical (unpaired) electrons. The molecule has 0 fully saturated rings. The molecular formula is C26H26FNO3. The van der Waals surface area contributed by atoms with E-state index in [4.69, 9.17) is 4.74 Å². The summed E-state index contributed by atoms with van der Waals surface area (Å²) < 4.78 is 19.7. The Balaban J connectivity index is 1.74. The molecule has 1 heterocycles. The number of nitrogens with one attached hydrogen (secondary N) is 1. The number of carbonyl (C=O) groups excluding carboxylic acids is 2. The molecule has 0 aromatic heterocycles. The molecule has 1 atom stereocenters. The highest BCUT2D eigenvalue weighted by Gasteiger charge is 2.43. The molecule has 2 aromatic rings. The van der Waals surface area contributed by atoms with Crippen LogP contribution in [0.2, 0.25) is 0 Å². The fourth-order valence-corrected chi connectivity index (χ4v) is 4.53. The predicted octanol–water partition coefficient (Wildman–Crippen LogP) is 5.17. The van der Waals surface area contributed by atoms with Crippen LogP contribution < -0.4 is 5.32 Å². The second-order valence-corrected chi connectivity index (χ2v) is 9.05. The average Bonchev–Trinajstić information content (AvgIpc) is 2.71. The van der Waals surface area contributed by atoms with E-state index in [-0.39, 0.29) is 17.8 Å². The number of ether oxygens (including phenoxy) is 1. The lowest BCUT2D eigenvalue weighted by atomic mass is 9.68. The van der Waals surface area contributed by atoms with Crippen molar-refractivity contribution >= 4 is 11.8 Å². The van der Waals surface area contributed by atoms with Gasteiger partial charge in [-0.25, -0.2) is 9.18 Å². The summed E-state index contributed by atoms with van der Waals surface area (Å²) in [4.78, 5) is 26.4. The molecule has 1 N–H and O–H groups in total. The molecule has 2 aliphatic rings. The van der Waals surface area contributed by atoms with E-state index < -0.39 is 17.7 Å². The summed E-state index contributed by atoms with van der Waals surface area (Å²) in [5.74, 6) is -1.59. The van der Waals surface area contributed by atoms with Gasteiger partial charge in [0.1, 0.15) is 12.4 Å². The molecule has 1 aliphatic carbocycles. The quantitative estimate of drug-likeness (QED) is 0.695. The Bertz CT molecular complexity index is 1100. The number of carbonyl (C=O) groups is 2. The molecule has 0 amide bonds. The molecule has 0 spiro atoms. The fraction of sp³-hybridized carbons (Fsp3) is 0.308. The summed E-state index contributed by atoms with van der Waals surface area (Å²) >= 11 is 0. The first kappa shape index (κ1) is 21.0. The molecular weight excluding hydrogens is 393 g/mol. The number of esters is 1. The highest BCUT2D eigenvalue weighted by atomic mass is 19.1. The van der Waals surface area contributed by atoms with Crippen molar-refractivity contribution in [3.05, 3.63) is 94.1 Å². The lowest BCUT2D eigenvalue weighted by Gasteiger charge is -2.39. The van der Waals surface area contributed by atoms with Crippen LogP contribution in [0.5, 0.6) is 0 Å². The molecule has 31 heavy (non-hydrogen) atoms. The number of Topliss-reactive ketones (excluding diaryl/α,β-unsaturated/α-hetero) is 1. The SMILES string of the molecule is CC1=C(C(=O)OCc2ccccc2)[C@H](c2cccc(F)c2)C2=C(CC(C)(C)CC2=O)N1. The van der Waals surface area contributed by atoms with Crippen LogP contribution in [-0.4, -0.2) is 11.8 Å². The van der Waals surface area contributed by atoms with E-state index in [1.54, 1.807) is 19.1 Å². The summed E-state index contributed by atoms with van der Waals surface area (Å²) in [6.07, 6.45) is 1.06. The van der Waals surface area contributed by atoms with Gasteiger partial charge in [-0.2, -0.15) is 0 Å².